The van der Waals surface area contributed by atoms with Gasteiger partial charge in [0, 0.05) is 18.4 Å². The van der Waals surface area contributed by atoms with E-state index in [2.05, 4.69) is 10.3 Å². The Labute approximate surface area is 173 Å². The second-order valence-electron chi connectivity index (χ2n) is 6.67. The number of carbonyl (C=O) groups is 1. The van der Waals surface area contributed by atoms with E-state index in [9.17, 15) is 18.0 Å². The second kappa shape index (κ2) is 7.92. The molecule has 0 fully saturated rings. The van der Waals surface area contributed by atoms with Gasteiger partial charge in [0.2, 0.25) is 0 Å². The zero-order chi connectivity index (χ0) is 21.3. The molecule has 5 nitrogen and oxygen atoms in total. The van der Waals surface area contributed by atoms with E-state index in [4.69, 9.17) is 5.11 Å². The van der Waals surface area contributed by atoms with Gasteiger partial charge in [-0.1, -0.05) is 30.3 Å². The molecule has 154 valence electrons. The van der Waals surface area contributed by atoms with Gasteiger partial charge in [0.25, 0.3) is 5.91 Å². The molecule has 0 atom stereocenters. The number of aliphatic hydroxyl groups excluding tert-OH is 1. The van der Waals surface area contributed by atoms with Crippen molar-refractivity contribution >= 4 is 33.8 Å². The van der Waals surface area contributed by atoms with E-state index in [1.165, 1.54) is 0 Å². The summed E-state index contributed by atoms with van der Waals surface area (Å²) in [6.07, 6.45) is -2.78. The highest BCUT2D eigenvalue weighted by Crippen LogP contribution is 2.33. The van der Waals surface area contributed by atoms with Gasteiger partial charge in [0.15, 0.2) is 5.69 Å². The van der Waals surface area contributed by atoms with Crippen LogP contribution in [0.3, 0.4) is 0 Å². The average molecular weight is 431 g/mol. The molecule has 4 aromatic rings. The molecule has 2 N–H and O–H groups in total. The highest BCUT2D eigenvalue weighted by molar-refractivity contribution is 7.12. The standard InChI is InChI=1S/C21H16F3N3O2S/c22-21(23,24)19-18(30-12-25-19)20(29)26-16-6-5-15-7-8-27(17(15)9-16)10-13-1-3-14(11-28)4-2-13/h1-9,12,28H,10-11H2,(H,26,29). The maximum absolute atomic E-state index is 13.0. The maximum atomic E-state index is 13.0. The van der Waals surface area contributed by atoms with Crippen LogP contribution in [-0.4, -0.2) is 20.6 Å². The molecule has 0 unspecified atom stereocenters. The Bertz CT molecular complexity index is 1200. The number of alkyl halides is 3. The van der Waals surface area contributed by atoms with Crippen LogP contribution < -0.4 is 5.32 Å². The van der Waals surface area contributed by atoms with Gasteiger partial charge in [-0.2, -0.15) is 13.2 Å². The Balaban J connectivity index is 1.58. The lowest BCUT2D eigenvalue weighted by Crippen LogP contribution is -2.17. The Morgan fingerprint density at radius 2 is 1.83 bits per heavy atom. The van der Waals surface area contributed by atoms with Gasteiger partial charge >= 0.3 is 6.18 Å². The van der Waals surface area contributed by atoms with Gasteiger partial charge in [-0.25, -0.2) is 4.98 Å². The summed E-state index contributed by atoms with van der Waals surface area (Å²) < 4.78 is 41.0. The molecule has 0 aliphatic rings. The van der Waals surface area contributed by atoms with Crippen LogP contribution >= 0.6 is 11.3 Å². The SMILES string of the molecule is O=C(Nc1ccc2ccn(Cc3ccc(CO)cc3)c2c1)c1scnc1C(F)(F)F. The number of nitrogens with one attached hydrogen (secondary N) is 1. The number of benzene rings is 2. The summed E-state index contributed by atoms with van der Waals surface area (Å²) >= 11 is 0.651. The van der Waals surface area contributed by atoms with Crippen LogP contribution in [0, 0.1) is 0 Å². The summed E-state index contributed by atoms with van der Waals surface area (Å²) in [5, 5.41) is 12.6. The number of carbonyl (C=O) groups excluding carboxylic acids is 1. The summed E-state index contributed by atoms with van der Waals surface area (Å²) in [5.41, 5.74) is 2.90. The highest BCUT2D eigenvalue weighted by atomic mass is 32.1. The maximum Gasteiger partial charge on any atom is 0.434 e. The molecule has 0 aliphatic carbocycles. The van der Waals surface area contributed by atoms with E-state index in [-0.39, 0.29) is 6.61 Å². The number of aromatic nitrogens is 2. The summed E-state index contributed by atoms with van der Waals surface area (Å²) in [5.74, 6) is -0.845. The van der Waals surface area contributed by atoms with E-state index >= 15 is 0 Å². The summed E-state index contributed by atoms with van der Waals surface area (Å²) in [6, 6.07) is 14.6. The van der Waals surface area contributed by atoms with Crippen LogP contribution in [0.5, 0.6) is 0 Å². The van der Waals surface area contributed by atoms with Crippen LogP contribution in [0.4, 0.5) is 18.9 Å². The van der Waals surface area contributed by atoms with Crippen molar-refractivity contribution in [1.82, 2.24) is 9.55 Å². The van der Waals surface area contributed by atoms with E-state index in [0.717, 1.165) is 27.5 Å². The van der Waals surface area contributed by atoms with Crippen molar-refractivity contribution in [3.8, 4) is 0 Å². The van der Waals surface area contributed by atoms with E-state index in [1.54, 1.807) is 18.2 Å². The monoisotopic (exact) mass is 431 g/mol. The molecule has 1 amide bonds. The number of fused-ring (bicyclic) bond motifs is 1. The lowest BCUT2D eigenvalue weighted by atomic mass is 10.1. The normalized spacial score (nSPS) is 11.7. The van der Waals surface area contributed by atoms with Gasteiger partial charge in [-0.05, 0) is 34.7 Å². The molecule has 0 saturated carbocycles. The Morgan fingerprint density at radius 1 is 1.10 bits per heavy atom. The van der Waals surface area contributed by atoms with E-state index < -0.39 is 22.7 Å². The molecule has 2 aromatic carbocycles. The third-order valence-corrected chi connectivity index (χ3v) is 5.46. The quantitative estimate of drug-likeness (QED) is 0.472. The van der Waals surface area contributed by atoms with Gasteiger partial charge in [0.05, 0.1) is 17.6 Å². The van der Waals surface area contributed by atoms with Crippen LogP contribution in [0.1, 0.15) is 26.5 Å². The van der Waals surface area contributed by atoms with Crippen molar-refractivity contribution in [2.24, 2.45) is 0 Å². The molecule has 2 aromatic heterocycles. The molecular formula is C21H16F3N3O2S. The molecule has 0 spiro atoms. The van der Waals surface area contributed by atoms with Crippen LogP contribution in [0.15, 0.2) is 60.2 Å². The summed E-state index contributed by atoms with van der Waals surface area (Å²) in [4.78, 5) is 15.2. The smallest absolute Gasteiger partial charge is 0.392 e. The predicted molar refractivity (Wildman–Crippen MR) is 108 cm³/mol. The van der Waals surface area contributed by atoms with Crippen LogP contribution in [-0.2, 0) is 19.3 Å². The van der Waals surface area contributed by atoms with E-state index in [1.807, 2.05) is 41.1 Å². The van der Waals surface area contributed by atoms with Crippen LogP contribution in [0.2, 0.25) is 0 Å². The fraction of sp³-hybridized carbons (Fsp3) is 0.143. The van der Waals surface area contributed by atoms with Crippen molar-refractivity contribution < 1.29 is 23.1 Å². The first-order valence-electron chi connectivity index (χ1n) is 8.95. The molecule has 9 heteroatoms. The molecular weight excluding hydrogens is 415 g/mol. The number of anilines is 1. The molecule has 30 heavy (non-hydrogen) atoms. The minimum absolute atomic E-state index is 0.0222. The molecule has 0 radical (unpaired) electrons. The first kappa shape index (κ1) is 20.1. The topological polar surface area (TPSA) is 67.2 Å². The Morgan fingerprint density at radius 3 is 2.53 bits per heavy atom. The van der Waals surface area contributed by atoms with Gasteiger partial charge in [-0.15, -0.1) is 11.3 Å². The van der Waals surface area contributed by atoms with E-state index in [0.29, 0.717) is 23.6 Å². The Hall–Kier alpha value is -3.17. The van der Waals surface area contributed by atoms with Gasteiger partial charge in [-0.3, -0.25) is 4.79 Å². The number of halogens is 3. The highest BCUT2D eigenvalue weighted by Gasteiger charge is 2.38. The van der Waals surface area contributed by atoms with Crippen molar-refractivity contribution in [2.45, 2.75) is 19.3 Å². The number of thiazole rings is 1. The van der Waals surface area contributed by atoms with Crippen molar-refractivity contribution in [2.75, 3.05) is 5.32 Å². The number of aliphatic hydroxyl groups is 1. The average Bonchev–Trinajstić information content (AvgIpc) is 3.36. The first-order valence-corrected chi connectivity index (χ1v) is 9.83. The minimum atomic E-state index is -4.68. The summed E-state index contributed by atoms with van der Waals surface area (Å²) in [7, 11) is 0. The third-order valence-electron chi connectivity index (χ3n) is 4.63. The number of hydrogen-bond donors (Lipinski definition) is 2. The second-order valence-corrected chi connectivity index (χ2v) is 7.53. The van der Waals surface area contributed by atoms with Crippen LogP contribution in [0.25, 0.3) is 10.9 Å². The fourth-order valence-electron chi connectivity index (χ4n) is 3.14. The zero-order valence-electron chi connectivity index (χ0n) is 15.5. The van der Waals surface area contributed by atoms with Gasteiger partial charge < -0.3 is 15.0 Å². The largest absolute Gasteiger partial charge is 0.434 e. The molecule has 0 aliphatic heterocycles. The fourth-order valence-corrected chi connectivity index (χ4v) is 3.85. The number of nitrogens with zero attached hydrogens (tertiary/aromatic N) is 2. The molecule has 4 rings (SSSR count). The van der Waals surface area contributed by atoms with Crippen molar-refractivity contribution in [3.63, 3.8) is 0 Å². The minimum Gasteiger partial charge on any atom is -0.392 e. The lowest BCUT2D eigenvalue weighted by molar-refractivity contribution is -0.141. The van der Waals surface area contributed by atoms with Gasteiger partial charge in [0.1, 0.15) is 4.88 Å². The zero-order valence-corrected chi connectivity index (χ0v) is 16.3. The van der Waals surface area contributed by atoms with Crippen molar-refractivity contribution in [3.05, 3.63) is 81.9 Å². The number of hydrogen-bond acceptors (Lipinski definition) is 4. The Kier molecular flexibility index (Phi) is 5.31. The first-order chi connectivity index (χ1) is 14.3. The third kappa shape index (κ3) is 4.07. The lowest BCUT2D eigenvalue weighted by Gasteiger charge is -2.10. The molecule has 0 saturated heterocycles. The number of rotatable bonds is 5. The molecule has 2 heterocycles. The molecule has 0 bridgehead atoms. The predicted octanol–water partition coefficient (Wildman–Crippen LogP) is 4.91. The summed E-state index contributed by atoms with van der Waals surface area (Å²) in [6.45, 7) is 0.547. The van der Waals surface area contributed by atoms with Crippen molar-refractivity contribution in [1.29, 1.82) is 0 Å². The number of amides is 1.